The predicted octanol–water partition coefficient (Wildman–Crippen LogP) is 5.36. The van der Waals surface area contributed by atoms with Crippen LogP contribution >= 0.6 is 23.2 Å². The first kappa shape index (κ1) is 29.5. The second-order valence-corrected chi connectivity index (χ2v) is 11.7. The quantitative estimate of drug-likeness (QED) is 0.352. The van der Waals surface area contributed by atoms with Gasteiger partial charge in [-0.3, -0.25) is 13.9 Å². The van der Waals surface area contributed by atoms with Crippen molar-refractivity contribution in [1.29, 1.82) is 0 Å². The Bertz CT molecular complexity index is 1390. The first-order chi connectivity index (χ1) is 17.9. The van der Waals surface area contributed by atoms with Crippen molar-refractivity contribution in [3.8, 4) is 0 Å². The maximum Gasteiger partial charge on any atom is 0.264 e. The lowest BCUT2D eigenvalue weighted by molar-refractivity contribution is -0.139. The fourth-order valence-electron chi connectivity index (χ4n) is 3.79. The van der Waals surface area contributed by atoms with E-state index in [4.69, 9.17) is 23.2 Å². The molecule has 1 unspecified atom stereocenters. The molecule has 3 aromatic carbocycles. The lowest BCUT2D eigenvalue weighted by Gasteiger charge is -2.32. The second-order valence-electron chi connectivity index (χ2n) is 8.98. The number of hydrogen-bond donors (Lipinski definition) is 1. The van der Waals surface area contributed by atoms with Crippen LogP contribution < -0.4 is 9.62 Å². The number of halogens is 2. The number of likely N-dealkylation sites (N-methyl/N-ethyl adjacent to an activating group) is 1. The van der Waals surface area contributed by atoms with Crippen molar-refractivity contribution in [2.24, 2.45) is 0 Å². The van der Waals surface area contributed by atoms with E-state index in [0.717, 1.165) is 21.0 Å². The predicted molar refractivity (Wildman–Crippen MR) is 152 cm³/mol. The summed E-state index contributed by atoms with van der Waals surface area (Å²) in [5, 5.41) is 3.64. The van der Waals surface area contributed by atoms with Gasteiger partial charge in [0.1, 0.15) is 12.6 Å². The zero-order chi connectivity index (χ0) is 28.0. The molecule has 0 aliphatic heterocycles. The van der Waals surface area contributed by atoms with Crippen LogP contribution in [0, 0.1) is 13.8 Å². The molecule has 0 aliphatic rings. The number of benzene rings is 3. The van der Waals surface area contributed by atoms with E-state index in [-0.39, 0.29) is 23.0 Å². The molecule has 38 heavy (non-hydrogen) atoms. The van der Waals surface area contributed by atoms with Gasteiger partial charge in [0.25, 0.3) is 10.0 Å². The molecular weight excluding hydrogens is 545 g/mol. The largest absolute Gasteiger partial charge is 0.355 e. The minimum absolute atomic E-state index is 0.0358. The van der Waals surface area contributed by atoms with Gasteiger partial charge in [0.15, 0.2) is 0 Å². The Morgan fingerprint density at radius 3 is 2.16 bits per heavy atom. The van der Waals surface area contributed by atoms with Gasteiger partial charge < -0.3 is 10.2 Å². The number of hydrogen-bond acceptors (Lipinski definition) is 4. The number of nitrogens with zero attached hydrogens (tertiary/aromatic N) is 2. The van der Waals surface area contributed by atoms with E-state index < -0.39 is 28.5 Å². The fraction of sp³-hybridized carbons (Fsp3) is 0.286. The van der Waals surface area contributed by atoms with Crippen LogP contribution in [0.4, 0.5) is 5.69 Å². The third-order valence-electron chi connectivity index (χ3n) is 6.12. The lowest BCUT2D eigenvalue weighted by Crippen LogP contribution is -2.51. The Kier molecular flexibility index (Phi) is 9.82. The van der Waals surface area contributed by atoms with Gasteiger partial charge in [0.05, 0.1) is 10.6 Å². The van der Waals surface area contributed by atoms with Crippen molar-refractivity contribution >= 4 is 50.7 Å². The van der Waals surface area contributed by atoms with Crippen molar-refractivity contribution in [1.82, 2.24) is 10.2 Å². The molecule has 0 saturated carbocycles. The second kappa shape index (κ2) is 12.7. The summed E-state index contributed by atoms with van der Waals surface area (Å²) in [6, 6.07) is 17.3. The Morgan fingerprint density at radius 1 is 0.947 bits per heavy atom. The Hall–Kier alpha value is -3.07. The molecular formula is C28H31Cl2N3O4S. The van der Waals surface area contributed by atoms with Crippen LogP contribution in [-0.2, 0) is 26.2 Å². The highest BCUT2D eigenvalue weighted by molar-refractivity contribution is 7.92. The molecule has 0 aliphatic carbocycles. The van der Waals surface area contributed by atoms with Crippen LogP contribution in [0.3, 0.4) is 0 Å². The molecule has 7 nitrogen and oxygen atoms in total. The number of amides is 2. The molecule has 3 aromatic rings. The average Bonchev–Trinajstić information content (AvgIpc) is 2.88. The highest BCUT2D eigenvalue weighted by Gasteiger charge is 2.32. The topological polar surface area (TPSA) is 86.8 Å². The molecule has 0 spiro atoms. The summed E-state index contributed by atoms with van der Waals surface area (Å²) in [6.45, 7) is 7.00. The van der Waals surface area contributed by atoms with Crippen molar-refractivity contribution in [2.75, 3.05) is 17.4 Å². The summed E-state index contributed by atoms with van der Waals surface area (Å²) in [7, 11) is -4.15. The number of carbonyl (C=O) groups excluding carboxylic acids is 2. The minimum atomic E-state index is -4.15. The molecule has 0 aromatic heterocycles. The number of anilines is 1. The number of nitrogens with one attached hydrogen (secondary N) is 1. The maximum absolute atomic E-state index is 13.8. The van der Waals surface area contributed by atoms with Crippen LogP contribution in [0.5, 0.6) is 0 Å². The van der Waals surface area contributed by atoms with E-state index in [2.05, 4.69) is 5.32 Å². The van der Waals surface area contributed by atoms with Crippen LogP contribution in [0.1, 0.15) is 30.5 Å². The van der Waals surface area contributed by atoms with Gasteiger partial charge in [-0.25, -0.2) is 8.42 Å². The molecule has 1 N–H and O–H groups in total. The third kappa shape index (κ3) is 7.07. The molecule has 0 fully saturated rings. The van der Waals surface area contributed by atoms with Crippen LogP contribution in [-0.4, -0.2) is 44.3 Å². The average molecular weight is 577 g/mol. The molecule has 0 radical (unpaired) electrons. The molecule has 3 rings (SSSR count). The molecule has 0 heterocycles. The van der Waals surface area contributed by atoms with E-state index in [0.29, 0.717) is 16.6 Å². The zero-order valence-corrected chi connectivity index (χ0v) is 24.1. The Morgan fingerprint density at radius 2 is 1.58 bits per heavy atom. The summed E-state index contributed by atoms with van der Waals surface area (Å²) >= 11 is 12.4. The highest BCUT2D eigenvalue weighted by atomic mass is 35.5. The van der Waals surface area contributed by atoms with Crippen molar-refractivity contribution in [3.05, 3.63) is 93.5 Å². The molecule has 0 bridgehead atoms. The molecule has 10 heteroatoms. The molecule has 1 atom stereocenters. The number of sulfonamides is 1. The van der Waals surface area contributed by atoms with Gasteiger partial charge in [-0.2, -0.15) is 0 Å². The highest BCUT2D eigenvalue weighted by Crippen LogP contribution is 2.29. The van der Waals surface area contributed by atoms with Gasteiger partial charge in [-0.05, 0) is 75.2 Å². The summed E-state index contributed by atoms with van der Waals surface area (Å²) in [6.07, 6.45) is 0. The van der Waals surface area contributed by atoms with Gasteiger partial charge in [0.2, 0.25) is 11.8 Å². The first-order valence-corrected chi connectivity index (χ1v) is 14.3. The SMILES string of the molecule is CCNC(=O)C(C)N(Cc1ccc(Cl)cc1)C(=O)CN(c1ccc(C)c(Cl)c1)S(=O)(=O)c1ccc(C)cc1. The van der Waals surface area contributed by atoms with E-state index in [1.165, 1.54) is 23.1 Å². The number of carbonyl (C=O) groups is 2. The number of aryl methyl sites for hydroxylation is 2. The van der Waals surface area contributed by atoms with Crippen molar-refractivity contribution in [3.63, 3.8) is 0 Å². The van der Waals surface area contributed by atoms with Crippen molar-refractivity contribution < 1.29 is 18.0 Å². The van der Waals surface area contributed by atoms with Crippen molar-refractivity contribution in [2.45, 2.75) is 45.2 Å². The molecule has 0 saturated heterocycles. The summed E-state index contributed by atoms with van der Waals surface area (Å²) < 4.78 is 28.7. The third-order valence-corrected chi connectivity index (χ3v) is 8.56. The van der Waals surface area contributed by atoms with E-state index >= 15 is 0 Å². The normalized spacial score (nSPS) is 12.1. The number of rotatable bonds is 10. The van der Waals surface area contributed by atoms with Crippen LogP contribution in [0.15, 0.2) is 71.6 Å². The van der Waals surface area contributed by atoms with E-state index in [1.54, 1.807) is 69.3 Å². The molecule has 202 valence electrons. The van der Waals surface area contributed by atoms with Gasteiger partial charge in [-0.1, -0.05) is 59.1 Å². The maximum atomic E-state index is 13.8. The van der Waals surface area contributed by atoms with Gasteiger partial charge >= 0.3 is 0 Å². The summed E-state index contributed by atoms with van der Waals surface area (Å²) in [5.41, 5.74) is 2.65. The Balaban J connectivity index is 2.05. The lowest BCUT2D eigenvalue weighted by atomic mass is 10.1. The smallest absolute Gasteiger partial charge is 0.264 e. The Labute approximate surface area is 234 Å². The summed E-state index contributed by atoms with van der Waals surface area (Å²) in [4.78, 5) is 28.0. The summed E-state index contributed by atoms with van der Waals surface area (Å²) in [5.74, 6) is -0.896. The monoisotopic (exact) mass is 575 g/mol. The van der Waals surface area contributed by atoms with Gasteiger partial charge in [0, 0.05) is 23.1 Å². The fourth-order valence-corrected chi connectivity index (χ4v) is 5.50. The van der Waals surface area contributed by atoms with Crippen LogP contribution in [0.2, 0.25) is 10.0 Å². The minimum Gasteiger partial charge on any atom is -0.355 e. The molecule has 2 amide bonds. The standard InChI is InChI=1S/C28H31Cl2N3O4S/c1-5-31-28(35)21(4)32(17-22-9-11-23(29)12-10-22)27(34)18-33(24-13-8-20(3)26(30)16-24)38(36,37)25-14-6-19(2)7-15-25/h6-16,21H,5,17-18H2,1-4H3,(H,31,35). The van der Waals surface area contributed by atoms with Gasteiger partial charge in [-0.15, -0.1) is 0 Å². The first-order valence-electron chi connectivity index (χ1n) is 12.1. The van der Waals surface area contributed by atoms with Crippen LogP contribution in [0.25, 0.3) is 0 Å². The van der Waals surface area contributed by atoms with E-state index in [1.807, 2.05) is 6.92 Å². The van der Waals surface area contributed by atoms with E-state index in [9.17, 15) is 18.0 Å². The zero-order valence-electron chi connectivity index (χ0n) is 21.7.